The summed E-state index contributed by atoms with van der Waals surface area (Å²) in [5.41, 5.74) is 0. The van der Waals surface area contributed by atoms with Gasteiger partial charge in [-0.2, -0.15) is 0 Å². The van der Waals surface area contributed by atoms with Crippen LogP contribution in [0.1, 0.15) is 213 Å². The van der Waals surface area contributed by atoms with Crippen molar-refractivity contribution >= 4 is 12.3 Å². The van der Waals surface area contributed by atoms with E-state index in [9.17, 15) is 9.59 Å². The van der Waals surface area contributed by atoms with Gasteiger partial charge in [-0.15, -0.1) is 0 Å². The molecule has 0 aromatic rings. The third-order valence-corrected chi connectivity index (χ3v) is 8.22. The fourth-order valence-corrected chi connectivity index (χ4v) is 5.57. The molecule has 0 aliphatic rings. The monoisotopic (exact) mass is 550 g/mol. The van der Waals surface area contributed by atoms with Crippen molar-refractivity contribution in [3.8, 4) is 0 Å². The zero-order valence-electron chi connectivity index (χ0n) is 26.7. The molecule has 0 aliphatic carbocycles. The molecule has 0 saturated carbocycles. The van der Waals surface area contributed by atoms with Gasteiger partial charge in [0.05, 0.1) is 6.42 Å². The van der Waals surface area contributed by atoms with Crippen LogP contribution in [0.2, 0.25) is 0 Å². The first-order chi connectivity index (χ1) is 19.2. The Morgan fingerprint density at radius 1 is 0.487 bits per heavy atom. The Balaban J connectivity index is 3.42. The fraction of sp³-hybridized carbons (Fsp3) is 0.944. The van der Waals surface area contributed by atoms with Crippen molar-refractivity contribution in [2.45, 2.75) is 219 Å². The van der Waals surface area contributed by atoms with Crippen LogP contribution in [0, 0.1) is 0 Å². The summed E-state index contributed by atoms with van der Waals surface area (Å²) in [6.07, 6.45) is 40.4. The maximum Gasteiger partial charge on any atom is 0.306 e. The predicted molar refractivity (Wildman–Crippen MR) is 170 cm³/mol. The molecule has 0 aromatic carbocycles. The lowest BCUT2D eigenvalue weighted by Gasteiger charge is -2.15. The normalized spacial score (nSPS) is 12.1. The van der Waals surface area contributed by atoms with E-state index < -0.39 is 0 Å². The number of hydrogen-bond donors (Lipinski definition) is 0. The lowest BCUT2D eigenvalue weighted by atomic mass is 10.0. The Morgan fingerprint density at radius 3 is 1.13 bits per heavy atom. The number of ether oxygens (including phenoxy) is 1. The van der Waals surface area contributed by atoms with Gasteiger partial charge >= 0.3 is 5.97 Å². The smallest absolute Gasteiger partial charge is 0.306 e. The first-order valence-corrected chi connectivity index (χ1v) is 17.8. The van der Waals surface area contributed by atoms with Crippen molar-refractivity contribution in [2.75, 3.05) is 0 Å². The molecule has 0 aromatic heterocycles. The highest BCUT2D eigenvalue weighted by molar-refractivity contribution is 5.69. The number of rotatable bonds is 33. The molecule has 0 N–H and O–H groups in total. The molecule has 0 amide bonds. The Morgan fingerprint density at radius 2 is 0.795 bits per heavy atom. The summed E-state index contributed by atoms with van der Waals surface area (Å²) in [5.74, 6) is -0.128. The van der Waals surface area contributed by atoms with Gasteiger partial charge in [-0.05, 0) is 19.3 Å². The summed E-state index contributed by atoms with van der Waals surface area (Å²) >= 11 is 0. The van der Waals surface area contributed by atoms with Crippen molar-refractivity contribution in [3.05, 3.63) is 0 Å². The van der Waals surface area contributed by atoms with Crippen LogP contribution in [0.5, 0.6) is 0 Å². The van der Waals surface area contributed by atoms with Gasteiger partial charge in [0.1, 0.15) is 6.10 Å². The molecular weight excluding hydrogens is 480 g/mol. The second kappa shape index (κ2) is 33.3. The van der Waals surface area contributed by atoms with Gasteiger partial charge in [-0.1, -0.05) is 181 Å². The number of esters is 1. The zero-order valence-corrected chi connectivity index (χ0v) is 26.7. The van der Waals surface area contributed by atoms with Gasteiger partial charge in [0.2, 0.25) is 6.29 Å². The summed E-state index contributed by atoms with van der Waals surface area (Å²) < 4.78 is 5.59. The van der Waals surface area contributed by atoms with Crippen molar-refractivity contribution in [2.24, 2.45) is 0 Å². The van der Waals surface area contributed by atoms with Crippen LogP contribution in [0.15, 0.2) is 0 Å². The number of carbonyl (C=O) groups excluding carboxylic acids is 2. The zero-order chi connectivity index (χ0) is 28.5. The molecule has 1 unspecified atom stereocenters. The summed E-state index contributed by atoms with van der Waals surface area (Å²) in [7, 11) is 0. The van der Waals surface area contributed by atoms with Crippen molar-refractivity contribution in [1.29, 1.82) is 0 Å². The third kappa shape index (κ3) is 31.5. The van der Waals surface area contributed by atoms with E-state index in [1.54, 1.807) is 0 Å². The Bertz CT molecular complexity index is 490. The van der Waals surface area contributed by atoms with Crippen LogP contribution in [0.25, 0.3) is 0 Å². The third-order valence-electron chi connectivity index (χ3n) is 8.22. The minimum Gasteiger partial charge on any atom is -0.462 e. The fourth-order valence-electron chi connectivity index (χ4n) is 5.57. The molecule has 0 rings (SSSR count). The quantitative estimate of drug-likeness (QED) is 0.0604. The van der Waals surface area contributed by atoms with Gasteiger partial charge < -0.3 is 4.74 Å². The molecule has 0 spiro atoms. The summed E-state index contributed by atoms with van der Waals surface area (Å²) in [5, 5.41) is 0. The lowest BCUT2D eigenvalue weighted by molar-refractivity contribution is -0.149. The molecule has 1 radical (unpaired) electrons. The number of unbranched alkanes of at least 4 members (excludes halogenated alkanes) is 26. The van der Waals surface area contributed by atoms with Gasteiger partial charge in [-0.3, -0.25) is 9.59 Å². The molecule has 3 heteroatoms. The average molecular weight is 550 g/mol. The van der Waals surface area contributed by atoms with Crippen molar-refractivity contribution in [3.63, 3.8) is 0 Å². The SMILES string of the molecule is CCCCCCCCCCCCCCCCCCCCCCC(=O)OC(C[C]=O)CCCCCCCCCC. The molecular formula is C36H69O3. The maximum atomic E-state index is 12.2. The minimum absolute atomic E-state index is 0.128. The predicted octanol–water partition coefficient (Wildman–Crippen LogP) is 12.1. The van der Waals surface area contributed by atoms with Gasteiger partial charge in [0.25, 0.3) is 0 Å². The van der Waals surface area contributed by atoms with Crippen LogP contribution < -0.4 is 0 Å². The summed E-state index contributed by atoms with van der Waals surface area (Å²) in [4.78, 5) is 23.1. The highest BCUT2D eigenvalue weighted by Crippen LogP contribution is 2.17. The first kappa shape index (κ1) is 38.1. The molecule has 0 saturated heterocycles. The van der Waals surface area contributed by atoms with Crippen LogP contribution in [-0.4, -0.2) is 18.4 Å². The molecule has 0 bridgehead atoms. The first-order valence-electron chi connectivity index (χ1n) is 17.8. The van der Waals surface area contributed by atoms with Crippen LogP contribution in [-0.2, 0) is 14.3 Å². The second-order valence-corrected chi connectivity index (χ2v) is 12.2. The van der Waals surface area contributed by atoms with Crippen molar-refractivity contribution in [1.82, 2.24) is 0 Å². The summed E-state index contributed by atoms with van der Waals surface area (Å²) in [6.45, 7) is 4.53. The molecule has 39 heavy (non-hydrogen) atoms. The Labute approximate surface area is 245 Å². The maximum absolute atomic E-state index is 12.2. The molecule has 3 nitrogen and oxygen atoms in total. The van der Waals surface area contributed by atoms with E-state index in [4.69, 9.17) is 4.74 Å². The highest BCUT2D eigenvalue weighted by atomic mass is 16.5. The largest absolute Gasteiger partial charge is 0.462 e. The van der Waals surface area contributed by atoms with Gasteiger partial charge in [0.15, 0.2) is 0 Å². The van der Waals surface area contributed by atoms with E-state index in [-0.39, 0.29) is 18.5 Å². The van der Waals surface area contributed by atoms with E-state index in [1.807, 2.05) is 6.29 Å². The topological polar surface area (TPSA) is 43.4 Å². The molecule has 0 aliphatic heterocycles. The molecule has 1 atom stereocenters. The number of carbonyl (C=O) groups is 1. The van der Waals surface area contributed by atoms with E-state index in [2.05, 4.69) is 13.8 Å². The molecule has 0 heterocycles. The van der Waals surface area contributed by atoms with E-state index in [1.165, 1.54) is 161 Å². The van der Waals surface area contributed by atoms with E-state index in [0.29, 0.717) is 6.42 Å². The van der Waals surface area contributed by atoms with E-state index in [0.717, 1.165) is 25.7 Å². The Hall–Kier alpha value is -0.860. The van der Waals surface area contributed by atoms with Crippen LogP contribution in [0.3, 0.4) is 0 Å². The Kier molecular flexibility index (Phi) is 32.6. The minimum atomic E-state index is -0.264. The van der Waals surface area contributed by atoms with Crippen LogP contribution in [0.4, 0.5) is 0 Å². The lowest BCUT2D eigenvalue weighted by Crippen LogP contribution is -2.18. The summed E-state index contributed by atoms with van der Waals surface area (Å²) in [6, 6.07) is 0. The molecule has 0 fully saturated rings. The van der Waals surface area contributed by atoms with E-state index >= 15 is 0 Å². The number of hydrogen-bond acceptors (Lipinski definition) is 3. The standard InChI is InChI=1S/C36H69O3/c1-3-5-7-9-11-13-14-15-16-17-18-19-20-21-22-23-24-26-28-30-32-36(38)39-35(33-34-37)31-29-27-25-12-10-8-6-4-2/h35H,3-33H2,1-2H3. The van der Waals surface area contributed by atoms with Gasteiger partial charge in [0, 0.05) is 6.42 Å². The van der Waals surface area contributed by atoms with Gasteiger partial charge in [-0.25, -0.2) is 0 Å². The highest BCUT2D eigenvalue weighted by Gasteiger charge is 2.14. The average Bonchev–Trinajstić information content (AvgIpc) is 2.93. The van der Waals surface area contributed by atoms with Crippen LogP contribution >= 0.6 is 0 Å². The van der Waals surface area contributed by atoms with Crippen molar-refractivity contribution < 1.29 is 14.3 Å². The molecule has 231 valence electrons. The second-order valence-electron chi connectivity index (χ2n) is 12.2.